The van der Waals surface area contributed by atoms with Gasteiger partial charge in [0, 0.05) is 17.0 Å². The summed E-state index contributed by atoms with van der Waals surface area (Å²) in [7, 11) is 1.63. The van der Waals surface area contributed by atoms with Gasteiger partial charge in [-0.05, 0) is 43.9 Å². The number of amides is 1. The van der Waals surface area contributed by atoms with Gasteiger partial charge in [-0.3, -0.25) is 4.79 Å². The van der Waals surface area contributed by atoms with Crippen LogP contribution in [0.5, 0.6) is 5.75 Å². The van der Waals surface area contributed by atoms with Crippen molar-refractivity contribution >= 4 is 16.9 Å². The summed E-state index contributed by atoms with van der Waals surface area (Å²) in [6, 6.07) is 5.86. The third kappa shape index (κ3) is 2.70. The average molecular weight is 301 g/mol. The second-order valence-electron chi connectivity index (χ2n) is 6.26. The molecule has 1 aliphatic carbocycles. The van der Waals surface area contributed by atoms with E-state index in [0.29, 0.717) is 11.7 Å². The zero-order valence-corrected chi connectivity index (χ0v) is 13.4. The minimum absolute atomic E-state index is 0.105. The summed E-state index contributed by atoms with van der Waals surface area (Å²) in [4.78, 5) is 12.6. The number of benzene rings is 1. The van der Waals surface area contributed by atoms with E-state index >= 15 is 0 Å². The normalized spacial score (nSPS) is 21.8. The molecular weight excluding hydrogens is 278 g/mol. The molecule has 118 valence electrons. The fraction of sp³-hybridized carbons (Fsp3) is 0.500. The molecule has 1 aromatic heterocycles. The molecule has 0 radical (unpaired) electrons. The summed E-state index contributed by atoms with van der Waals surface area (Å²) in [5.41, 5.74) is 1.59. The van der Waals surface area contributed by atoms with Crippen LogP contribution in [-0.2, 0) is 0 Å². The van der Waals surface area contributed by atoms with Gasteiger partial charge in [0.25, 0.3) is 5.91 Å². The lowest BCUT2D eigenvalue weighted by Crippen LogP contribution is -2.41. The number of furan rings is 1. The van der Waals surface area contributed by atoms with Gasteiger partial charge in [0.2, 0.25) is 0 Å². The van der Waals surface area contributed by atoms with E-state index in [4.69, 9.17) is 9.15 Å². The van der Waals surface area contributed by atoms with Gasteiger partial charge in [-0.25, -0.2) is 0 Å². The molecule has 1 amide bonds. The molecule has 0 saturated heterocycles. The Morgan fingerprint density at radius 2 is 2.09 bits per heavy atom. The molecular formula is C18H23NO3. The maximum atomic E-state index is 12.6. The Kier molecular flexibility index (Phi) is 4.10. The molecule has 2 atom stereocenters. The molecule has 1 N–H and O–H groups in total. The molecule has 0 aliphatic heterocycles. The third-order valence-corrected chi connectivity index (χ3v) is 4.78. The number of fused-ring (bicyclic) bond motifs is 1. The van der Waals surface area contributed by atoms with Crippen LogP contribution in [-0.4, -0.2) is 19.1 Å². The van der Waals surface area contributed by atoms with Crippen molar-refractivity contribution < 1.29 is 13.9 Å². The van der Waals surface area contributed by atoms with Crippen molar-refractivity contribution in [1.29, 1.82) is 0 Å². The molecule has 0 bridgehead atoms. The lowest BCUT2D eigenvalue weighted by atomic mass is 9.86. The maximum absolute atomic E-state index is 12.6. The first-order valence-electron chi connectivity index (χ1n) is 7.98. The SMILES string of the molecule is COc1ccc2oc(C(=O)N[C@@H]3CCCC[C@H]3C)c(C)c2c1. The van der Waals surface area contributed by atoms with Gasteiger partial charge in [-0.2, -0.15) is 0 Å². The van der Waals surface area contributed by atoms with Gasteiger partial charge in [-0.15, -0.1) is 0 Å². The number of hydrogen-bond acceptors (Lipinski definition) is 3. The number of nitrogens with one attached hydrogen (secondary N) is 1. The van der Waals surface area contributed by atoms with Crippen molar-refractivity contribution in [2.24, 2.45) is 5.92 Å². The van der Waals surface area contributed by atoms with Crippen LogP contribution in [0.1, 0.15) is 48.7 Å². The van der Waals surface area contributed by atoms with Gasteiger partial charge in [0.1, 0.15) is 11.3 Å². The highest BCUT2D eigenvalue weighted by Crippen LogP contribution is 2.29. The van der Waals surface area contributed by atoms with Gasteiger partial charge in [-0.1, -0.05) is 19.8 Å². The van der Waals surface area contributed by atoms with Crippen LogP contribution in [0.15, 0.2) is 22.6 Å². The smallest absolute Gasteiger partial charge is 0.287 e. The summed E-state index contributed by atoms with van der Waals surface area (Å²) in [6.07, 6.45) is 4.68. The number of carbonyl (C=O) groups excluding carboxylic acids is 1. The van der Waals surface area contributed by atoms with Crippen LogP contribution in [0.4, 0.5) is 0 Å². The van der Waals surface area contributed by atoms with Crippen LogP contribution in [0.2, 0.25) is 0 Å². The monoisotopic (exact) mass is 301 g/mol. The van der Waals surface area contributed by atoms with E-state index in [1.165, 1.54) is 19.3 Å². The highest BCUT2D eigenvalue weighted by atomic mass is 16.5. The first-order chi connectivity index (χ1) is 10.6. The van der Waals surface area contributed by atoms with Crippen LogP contribution in [0, 0.1) is 12.8 Å². The first-order valence-corrected chi connectivity index (χ1v) is 7.98. The second kappa shape index (κ2) is 6.03. The molecule has 22 heavy (non-hydrogen) atoms. The van der Waals surface area contributed by atoms with Crippen LogP contribution in [0.25, 0.3) is 11.0 Å². The van der Waals surface area contributed by atoms with E-state index < -0.39 is 0 Å². The highest BCUT2D eigenvalue weighted by Gasteiger charge is 2.26. The molecule has 4 nitrogen and oxygen atoms in total. The van der Waals surface area contributed by atoms with Crippen LogP contribution in [0.3, 0.4) is 0 Å². The minimum Gasteiger partial charge on any atom is -0.497 e. The quantitative estimate of drug-likeness (QED) is 0.930. The number of rotatable bonds is 3. The van der Waals surface area contributed by atoms with E-state index in [2.05, 4.69) is 12.2 Å². The largest absolute Gasteiger partial charge is 0.497 e. The average Bonchev–Trinajstić information content (AvgIpc) is 2.86. The summed E-state index contributed by atoms with van der Waals surface area (Å²) in [5, 5.41) is 4.08. The van der Waals surface area contributed by atoms with Crippen molar-refractivity contribution in [3.8, 4) is 5.75 Å². The molecule has 0 unspecified atom stereocenters. The van der Waals surface area contributed by atoms with E-state index in [9.17, 15) is 4.79 Å². The zero-order chi connectivity index (χ0) is 15.7. The molecule has 1 saturated carbocycles. The number of hydrogen-bond donors (Lipinski definition) is 1. The minimum atomic E-state index is -0.105. The molecule has 2 aromatic rings. The number of methoxy groups -OCH3 is 1. The Bertz CT molecular complexity index is 689. The Labute approximate surface area is 130 Å². The van der Waals surface area contributed by atoms with E-state index in [1.807, 2.05) is 25.1 Å². The molecule has 1 aliphatic rings. The summed E-state index contributed by atoms with van der Waals surface area (Å²) < 4.78 is 11.0. The van der Waals surface area contributed by atoms with Gasteiger partial charge in [0.15, 0.2) is 5.76 Å². The molecule has 1 heterocycles. The molecule has 3 rings (SSSR count). The molecule has 4 heteroatoms. The van der Waals surface area contributed by atoms with E-state index in [1.54, 1.807) is 7.11 Å². The number of carbonyl (C=O) groups is 1. The van der Waals surface area contributed by atoms with E-state index in [0.717, 1.165) is 28.7 Å². The Hall–Kier alpha value is -1.97. The van der Waals surface area contributed by atoms with Gasteiger partial charge in [0.05, 0.1) is 7.11 Å². The highest BCUT2D eigenvalue weighted by molar-refractivity contribution is 5.99. The van der Waals surface area contributed by atoms with E-state index in [-0.39, 0.29) is 11.9 Å². The first kappa shape index (κ1) is 14.9. The van der Waals surface area contributed by atoms with Crippen molar-refractivity contribution in [3.05, 3.63) is 29.5 Å². The Morgan fingerprint density at radius 3 is 2.82 bits per heavy atom. The second-order valence-corrected chi connectivity index (χ2v) is 6.26. The van der Waals surface area contributed by atoms with Crippen molar-refractivity contribution in [1.82, 2.24) is 5.32 Å². The number of aryl methyl sites for hydroxylation is 1. The molecule has 1 aromatic carbocycles. The zero-order valence-electron chi connectivity index (χ0n) is 13.4. The predicted molar refractivity (Wildman–Crippen MR) is 86.4 cm³/mol. The molecule has 0 spiro atoms. The Morgan fingerprint density at radius 1 is 1.32 bits per heavy atom. The van der Waals surface area contributed by atoms with Crippen LogP contribution < -0.4 is 10.1 Å². The topological polar surface area (TPSA) is 51.5 Å². The lowest BCUT2D eigenvalue weighted by molar-refractivity contribution is 0.0883. The summed E-state index contributed by atoms with van der Waals surface area (Å²) in [5.74, 6) is 1.61. The van der Waals surface area contributed by atoms with Crippen molar-refractivity contribution in [2.45, 2.75) is 45.6 Å². The van der Waals surface area contributed by atoms with Crippen molar-refractivity contribution in [2.75, 3.05) is 7.11 Å². The third-order valence-electron chi connectivity index (χ3n) is 4.78. The van der Waals surface area contributed by atoms with Crippen molar-refractivity contribution in [3.63, 3.8) is 0 Å². The standard InChI is InChI=1S/C18H23NO3/c1-11-6-4-5-7-15(11)19-18(20)17-12(2)14-10-13(21-3)8-9-16(14)22-17/h8-11,15H,4-7H2,1-3H3,(H,19,20)/t11-,15-/m1/s1. The maximum Gasteiger partial charge on any atom is 0.287 e. The fourth-order valence-electron chi connectivity index (χ4n) is 3.31. The van der Waals surface area contributed by atoms with Crippen LogP contribution >= 0.6 is 0 Å². The predicted octanol–water partition coefficient (Wildman–Crippen LogP) is 4.06. The Balaban J connectivity index is 1.86. The summed E-state index contributed by atoms with van der Waals surface area (Å²) >= 11 is 0. The number of ether oxygens (including phenoxy) is 1. The lowest BCUT2D eigenvalue weighted by Gasteiger charge is -2.29. The fourth-order valence-corrected chi connectivity index (χ4v) is 3.31. The molecule has 1 fully saturated rings. The van der Waals surface area contributed by atoms with Gasteiger partial charge < -0.3 is 14.5 Å². The summed E-state index contributed by atoms with van der Waals surface area (Å²) in [6.45, 7) is 4.13. The van der Waals surface area contributed by atoms with Gasteiger partial charge >= 0.3 is 0 Å².